The molecule has 2 rings (SSSR count). The molecule has 96 valence electrons. The van der Waals surface area contributed by atoms with Gasteiger partial charge in [-0.3, -0.25) is 4.68 Å². The summed E-state index contributed by atoms with van der Waals surface area (Å²) in [4.78, 5) is 4.25. The summed E-state index contributed by atoms with van der Waals surface area (Å²) in [6.07, 6.45) is 2.38. The van der Waals surface area contributed by atoms with Crippen molar-refractivity contribution >= 4 is 11.6 Å². The van der Waals surface area contributed by atoms with Crippen molar-refractivity contribution in [1.82, 2.24) is 20.1 Å². The number of hydrogen-bond acceptors (Lipinski definition) is 3. The third kappa shape index (κ3) is 2.71. The molecule has 0 saturated heterocycles. The number of likely N-dealkylation sites (N-methyl/N-ethyl adjacent to an activating group) is 1. The molecular formula is C13H17ClN4. The van der Waals surface area contributed by atoms with E-state index in [2.05, 4.69) is 21.5 Å². The van der Waals surface area contributed by atoms with Crippen LogP contribution in [0.15, 0.2) is 24.5 Å². The Morgan fingerprint density at radius 2 is 2.22 bits per heavy atom. The molecule has 2 aromatic rings. The van der Waals surface area contributed by atoms with Crippen molar-refractivity contribution in [2.45, 2.75) is 19.4 Å². The van der Waals surface area contributed by atoms with Gasteiger partial charge in [0.15, 0.2) is 0 Å². The molecular weight excluding hydrogens is 248 g/mol. The second-order valence-electron chi connectivity index (χ2n) is 4.35. The summed E-state index contributed by atoms with van der Waals surface area (Å²) in [5, 5.41) is 8.19. The highest BCUT2D eigenvalue weighted by atomic mass is 35.5. The first-order chi connectivity index (χ1) is 8.61. The molecule has 1 aromatic carbocycles. The summed E-state index contributed by atoms with van der Waals surface area (Å²) >= 11 is 6.05. The molecule has 18 heavy (non-hydrogen) atoms. The number of benzene rings is 1. The normalized spacial score (nSPS) is 12.7. The van der Waals surface area contributed by atoms with Crippen molar-refractivity contribution in [1.29, 1.82) is 0 Å². The molecule has 4 nitrogen and oxygen atoms in total. The molecule has 5 heteroatoms. The van der Waals surface area contributed by atoms with E-state index < -0.39 is 0 Å². The standard InChI is InChI=1S/C13H17ClN4/c1-9-6-10(4-5-11(9)14)12(15-2)7-13-16-8-17-18(13)3/h4-6,8,12,15H,7H2,1-3H3. The van der Waals surface area contributed by atoms with E-state index in [0.717, 1.165) is 22.8 Å². The zero-order valence-corrected chi connectivity index (χ0v) is 11.6. The summed E-state index contributed by atoms with van der Waals surface area (Å²) < 4.78 is 1.80. The average molecular weight is 265 g/mol. The van der Waals surface area contributed by atoms with Gasteiger partial charge in [-0.1, -0.05) is 23.7 Å². The molecule has 0 amide bonds. The number of halogens is 1. The Labute approximate surface area is 112 Å². The lowest BCUT2D eigenvalue weighted by Crippen LogP contribution is -2.20. The summed E-state index contributed by atoms with van der Waals surface area (Å²) in [6.45, 7) is 2.01. The minimum atomic E-state index is 0.212. The van der Waals surface area contributed by atoms with E-state index in [-0.39, 0.29) is 6.04 Å². The van der Waals surface area contributed by atoms with Crippen LogP contribution in [0.1, 0.15) is 23.0 Å². The topological polar surface area (TPSA) is 42.7 Å². The van der Waals surface area contributed by atoms with E-state index in [0.29, 0.717) is 0 Å². The molecule has 0 spiro atoms. The third-order valence-electron chi connectivity index (χ3n) is 3.12. The van der Waals surface area contributed by atoms with Crippen LogP contribution in [0, 0.1) is 6.92 Å². The van der Waals surface area contributed by atoms with Crippen molar-refractivity contribution in [3.63, 3.8) is 0 Å². The predicted octanol–water partition coefficient (Wildman–Crippen LogP) is 2.28. The molecule has 1 N–H and O–H groups in total. The van der Waals surface area contributed by atoms with Crippen molar-refractivity contribution in [3.05, 3.63) is 46.5 Å². The van der Waals surface area contributed by atoms with Gasteiger partial charge in [0.1, 0.15) is 12.2 Å². The molecule has 1 heterocycles. The van der Waals surface area contributed by atoms with Gasteiger partial charge in [-0.05, 0) is 31.2 Å². The van der Waals surface area contributed by atoms with E-state index in [1.807, 2.05) is 33.2 Å². The molecule has 0 aliphatic rings. The first kappa shape index (κ1) is 13.1. The Balaban J connectivity index is 2.23. The minimum absolute atomic E-state index is 0.212. The maximum Gasteiger partial charge on any atom is 0.138 e. The fourth-order valence-corrected chi connectivity index (χ4v) is 2.08. The smallest absolute Gasteiger partial charge is 0.138 e. The van der Waals surface area contributed by atoms with Crippen LogP contribution in [-0.4, -0.2) is 21.8 Å². The zero-order chi connectivity index (χ0) is 13.1. The molecule has 0 radical (unpaired) electrons. The largest absolute Gasteiger partial charge is 0.313 e. The van der Waals surface area contributed by atoms with Crippen LogP contribution in [0.5, 0.6) is 0 Å². The number of nitrogens with zero attached hydrogens (tertiary/aromatic N) is 3. The van der Waals surface area contributed by atoms with Crippen molar-refractivity contribution in [2.24, 2.45) is 7.05 Å². The highest BCUT2D eigenvalue weighted by molar-refractivity contribution is 6.31. The van der Waals surface area contributed by atoms with Crippen molar-refractivity contribution < 1.29 is 0 Å². The summed E-state index contributed by atoms with van der Waals surface area (Å²) in [6, 6.07) is 6.31. The highest BCUT2D eigenvalue weighted by Gasteiger charge is 2.13. The fraction of sp³-hybridized carbons (Fsp3) is 0.385. The Kier molecular flexibility index (Phi) is 3.99. The van der Waals surface area contributed by atoms with Crippen molar-refractivity contribution in [2.75, 3.05) is 7.05 Å². The van der Waals surface area contributed by atoms with E-state index >= 15 is 0 Å². The van der Waals surface area contributed by atoms with Gasteiger partial charge >= 0.3 is 0 Å². The van der Waals surface area contributed by atoms with Crippen molar-refractivity contribution in [3.8, 4) is 0 Å². The lowest BCUT2D eigenvalue weighted by Gasteiger charge is -2.17. The summed E-state index contributed by atoms with van der Waals surface area (Å²) in [5.41, 5.74) is 2.30. The molecule has 1 aromatic heterocycles. The first-order valence-corrected chi connectivity index (χ1v) is 6.25. The van der Waals surface area contributed by atoms with Gasteiger partial charge in [0, 0.05) is 24.5 Å². The lowest BCUT2D eigenvalue weighted by atomic mass is 10.0. The van der Waals surface area contributed by atoms with E-state index in [4.69, 9.17) is 11.6 Å². The lowest BCUT2D eigenvalue weighted by molar-refractivity contribution is 0.553. The second kappa shape index (κ2) is 5.50. The van der Waals surface area contributed by atoms with Gasteiger partial charge in [0.25, 0.3) is 0 Å². The molecule has 0 bridgehead atoms. The predicted molar refractivity (Wildman–Crippen MR) is 72.7 cm³/mol. The summed E-state index contributed by atoms with van der Waals surface area (Å²) in [5.74, 6) is 0.960. The number of nitrogens with one attached hydrogen (secondary N) is 1. The van der Waals surface area contributed by atoms with Gasteiger partial charge in [0.05, 0.1) is 0 Å². The SMILES string of the molecule is CNC(Cc1ncnn1C)c1ccc(Cl)c(C)c1. The van der Waals surface area contributed by atoms with Gasteiger partial charge in [0.2, 0.25) is 0 Å². The van der Waals surface area contributed by atoms with E-state index in [1.54, 1.807) is 11.0 Å². The minimum Gasteiger partial charge on any atom is -0.313 e. The number of hydrogen-bond donors (Lipinski definition) is 1. The molecule has 0 saturated carbocycles. The first-order valence-electron chi connectivity index (χ1n) is 5.88. The number of aromatic nitrogens is 3. The van der Waals surface area contributed by atoms with Crippen LogP contribution in [-0.2, 0) is 13.5 Å². The molecule has 0 fully saturated rings. The van der Waals surface area contributed by atoms with E-state index in [1.165, 1.54) is 5.56 Å². The van der Waals surface area contributed by atoms with Crippen LogP contribution in [0.25, 0.3) is 0 Å². The highest BCUT2D eigenvalue weighted by Crippen LogP contribution is 2.22. The van der Waals surface area contributed by atoms with Gasteiger partial charge in [-0.2, -0.15) is 5.10 Å². The van der Waals surface area contributed by atoms with Crippen LogP contribution >= 0.6 is 11.6 Å². The fourth-order valence-electron chi connectivity index (χ4n) is 1.96. The average Bonchev–Trinajstić information content (AvgIpc) is 2.75. The Hall–Kier alpha value is -1.39. The third-order valence-corrected chi connectivity index (χ3v) is 3.55. The monoisotopic (exact) mass is 264 g/mol. The van der Waals surface area contributed by atoms with Crippen LogP contribution < -0.4 is 5.32 Å². The molecule has 0 aliphatic carbocycles. The maximum atomic E-state index is 6.05. The number of aryl methyl sites for hydroxylation is 2. The second-order valence-corrected chi connectivity index (χ2v) is 4.76. The quantitative estimate of drug-likeness (QED) is 0.921. The molecule has 0 aliphatic heterocycles. The Bertz CT molecular complexity index is 536. The Morgan fingerprint density at radius 3 is 2.78 bits per heavy atom. The van der Waals surface area contributed by atoms with E-state index in [9.17, 15) is 0 Å². The molecule has 1 atom stereocenters. The van der Waals surface area contributed by atoms with Gasteiger partial charge in [-0.15, -0.1) is 0 Å². The Morgan fingerprint density at radius 1 is 1.44 bits per heavy atom. The number of rotatable bonds is 4. The van der Waals surface area contributed by atoms with Gasteiger partial charge < -0.3 is 5.32 Å². The molecule has 1 unspecified atom stereocenters. The van der Waals surface area contributed by atoms with Gasteiger partial charge in [-0.25, -0.2) is 4.98 Å². The van der Waals surface area contributed by atoms with Crippen LogP contribution in [0.4, 0.5) is 0 Å². The maximum absolute atomic E-state index is 6.05. The van der Waals surface area contributed by atoms with Crippen LogP contribution in [0.2, 0.25) is 5.02 Å². The summed E-state index contributed by atoms with van der Waals surface area (Å²) in [7, 11) is 3.85. The zero-order valence-electron chi connectivity index (χ0n) is 10.8. The van der Waals surface area contributed by atoms with Crippen LogP contribution in [0.3, 0.4) is 0 Å².